The number of carbonyl (C=O) groups excluding carboxylic acids is 5. The lowest BCUT2D eigenvalue weighted by Crippen LogP contribution is -2.51. The van der Waals surface area contributed by atoms with E-state index in [0.717, 1.165) is 16.7 Å². The summed E-state index contributed by atoms with van der Waals surface area (Å²) in [6, 6.07) is 23.1. The molecule has 0 saturated heterocycles. The minimum Gasteiger partial charge on any atom is -0.480 e. The van der Waals surface area contributed by atoms with E-state index in [1.54, 1.807) is 4.90 Å². The van der Waals surface area contributed by atoms with E-state index in [1.807, 2.05) is 78.9 Å². The minimum absolute atomic E-state index is 0.103. The van der Waals surface area contributed by atoms with Crippen LogP contribution >= 0.6 is 0 Å². The topological polar surface area (TPSA) is 174 Å². The van der Waals surface area contributed by atoms with Gasteiger partial charge in [0, 0.05) is 24.0 Å². The first-order chi connectivity index (χ1) is 22.7. The summed E-state index contributed by atoms with van der Waals surface area (Å²) in [5.74, 6) is 2.28. The number of anilines is 1. The molecule has 242 valence electrons. The van der Waals surface area contributed by atoms with Crippen molar-refractivity contribution in [3.05, 3.63) is 101 Å². The third-order valence-corrected chi connectivity index (χ3v) is 7.26. The number of nitrogens with zero attached hydrogens (tertiary/aromatic N) is 1. The SMILES string of the molecule is O=C(O)CNC(=O)[C@H](CCc1ccccc1)NC(=O)CNC(=O)CNC(=O)CCC(=O)N1Cc2ccccc2C#Cc2ccccc21. The largest absolute Gasteiger partial charge is 0.480 e. The lowest BCUT2D eigenvalue weighted by molar-refractivity contribution is -0.138. The van der Waals surface area contributed by atoms with Gasteiger partial charge in [-0.3, -0.25) is 28.8 Å². The van der Waals surface area contributed by atoms with Crippen LogP contribution in [0.1, 0.15) is 41.5 Å². The Morgan fingerprint density at radius 1 is 0.702 bits per heavy atom. The number of para-hydroxylation sites is 1. The molecule has 0 aliphatic carbocycles. The summed E-state index contributed by atoms with van der Waals surface area (Å²) in [5.41, 5.74) is 3.98. The van der Waals surface area contributed by atoms with Crippen molar-refractivity contribution >= 4 is 41.2 Å². The maximum atomic E-state index is 13.3. The Bertz CT molecular complexity index is 1700. The molecule has 3 aromatic rings. The van der Waals surface area contributed by atoms with Crippen LogP contribution in [0.5, 0.6) is 0 Å². The van der Waals surface area contributed by atoms with Gasteiger partial charge in [-0.15, -0.1) is 0 Å². The Kier molecular flexibility index (Phi) is 12.2. The van der Waals surface area contributed by atoms with Gasteiger partial charge in [-0.05, 0) is 42.2 Å². The second-order valence-electron chi connectivity index (χ2n) is 10.7. The molecular formula is C35H35N5O7. The Morgan fingerprint density at radius 2 is 1.34 bits per heavy atom. The van der Waals surface area contributed by atoms with E-state index in [9.17, 15) is 28.8 Å². The lowest BCUT2D eigenvalue weighted by Gasteiger charge is -2.26. The molecule has 0 bridgehead atoms. The first-order valence-electron chi connectivity index (χ1n) is 15.0. The van der Waals surface area contributed by atoms with Crippen molar-refractivity contribution in [1.82, 2.24) is 21.3 Å². The van der Waals surface area contributed by atoms with E-state index >= 15 is 0 Å². The van der Waals surface area contributed by atoms with Crippen LogP contribution < -0.4 is 26.2 Å². The van der Waals surface area contributed by atoms with Crippen LogP contribution in [0.2, 0.25) is 0 Å². The minimum atomic E-state index is -1.23. The van der Waals surface area contributed by atoms with Crippen molar-refractivity contribution in [3.63, 3.8) is 0 Å². The summed E-state index contributed by atoms with van der Waals surface area (Å²) in [6.07, 6.45) is 0.382. The van der Waals surface area contributed by atoms with Crippen molar-refractivity contribution in [3.8, 4) is 11.8 Å². The first kappa shape index (κ1) is 33.9. The van der Waals surface area contributed by atoms with E-state index in [2.05, 4.69) is 33.1 Å². The van der Waals surface area contributed by atoms with Gasteiger partial charge in [-0.25, -0.2) is 0 Å². The molecule has 0 saturated carbocycles. The second-order valence-corrected chi connectivity index (χ2v) is 10.7. The fourth-order valence-corrected chi connectivity index (χ4v) is 4.83. The Balaban J connectivity index is 1.23. The average Bonchev–Trinajstić information content (AvgIpc) is 3.07. The van der Waals surface area contributed by atoms with Crippen LogP contribution in [0.15, 0.2) is 78.9 Å². The highest BCUT2D eigenvalue weighted by Crippen LogP contribution is 2.26. The average molecular weight is 638 g/mol. The molecule has 0 aromatic heterocycles. The number of hydrogen-bond donors (Lipinski definition) is 5. The molecule has 0 unspecified atom stereocenters. The summed E-state index contributed by atoms with van der Waals surface area (Å²) in [4.78, 5) is 75.7. The van der Waals surface area contributed by atoms with Gasteiger partial charge in [-0.2, -0.15) is 0 Å². The number of hydrogen-bond acceptors (Lipinski definition) is 6. The number of aliphatic carboxylic acids is 1. The normalized spacial score (nSPS) is 12.0. The highest BCUT2D eigenvalue weighted by atomic mass is 16.4. The molecule has 1 heterocycles. The number of fused-ring (bicyclic) bond motifs is 2. The van der Waals surface area contributed by atoms with Gasteiger partial charge < -0.3 is 31.3 Å². The van der Waals surface area contributed by atoms with E-state index in [-0.39, 0.29) is 25.2 Å². The maximum Gasteiger partial charge on any atom is 0.322 e. The summed E-state index contributed by atoms with van der Waals surface area (Å²) in [5, 5.41) is 18.5. The number of benzene rings is 3. The quantitative estimate of drug-likeness (QED) is 0.166. The molecule has 5 N–H and O–H groups in total. The molecule has 4 rings (SSSR count). The number of rotatable bonds is 14. The third-order valence-electron chi connectivity index (χ3n) is 7.26. The smallest absolute Gasteiger partial charge is 0.322 e. The molecule has 12 nitrogen and oxygen atoms in total. The van der Waals surface area contributed by atoms with Crippen LogP contribution in [0.4, 0.5) is 5.69 Å². The fraction of sp³-hybridized carbons (Fsp3) is 0.257. The third kappa shape index (κ3) is 10.6. The Labute approximate surface area is 271 Å². The van der Waals surface area contributed by atoms with Gasteiger partial charge in [0.2, 0.25) is 29.5 Å². The van der Waals surface area contributed by atoms with E-state index in [0.29, 0.717) is 24.2 Å². The van der Waals surface area contributed by atoms with Crippen LogP contribution in [-0.4, -0.2) is 66.3 Å². The highest BCUT2D eigenvalue weighted by Gasteiger charge is 2.23. The van der Waals surface area contributed by atoms with Gasteiger partial charge in [0.1, 0.15) is 12.6 Å². The van der Waals surface area contributed by atoms with E-state index in [1.165, 1.54) is 0 Å². The highest BCUT2D eigenvalue weighted by molar-refractivity contribution is 5.97. The monoisotopic (exact) mass is 637 g/mol. The maximum absolute atomic E-state index is 13.3. The molecule has 0 radical (unpaired) electrons. The molecule has 5 amide bonds. The summed E-state index contributed by atoms with van der Waals surface area (Å²) in [6.45, 7) is -1.21. The number of amides is 5. The number of nitrogens with one attached hydrogen (secondary N) is 4. The molecule has 3 aromatic carbocycles. The van der Waals surface area contributed by atoms with Crippen LogP contribution in [0.25, 0.3) is 0 Å². The van der Waals surface area contributed by atoms with Crippen molar-refractivity contribution < 1.29 is 33.9 Å². The predicted octanol–water partition coefficient (Wildman–Crippen LogP) is 1.26. The molecule has 0 spiro atoms. The van der Waals surface area contributed by atoms with Crippen molar-refractivity contribution in [2.24, 2.45) is 0 Å². The number of carboxylic acids is 1. The summed E-state index contributed by atoms with van der Waals surface area (Å²) < 4.78 is 0. The molecule has 1 aliphatic heterocycles. The summed E-state index contributed by atoms with van der Waals surface area (Å²) in [7, 11) is 0. The predicted molar refractivity (Wildman–Crippen MR) is 173 cm³/mol. The zero-order valence-corrected chi connectivity index (χ0v) is 25.6. The second kappa shape index (κ2) is 16.9. The van der Waals surface area contributed by atoms with Crippen LogP contribution in [0.3, 0.4) is 0 Å². The van der Waals surface area contributed by atoms with Gasteiger partial charge in [0.25, 0.3) is 0 Å². The van der Waals surface area contributed by atoms with Gasteiger partial charge >= 0.3 is 5.97 Å². The van der Waals surface area contributed by atoms with Crippen LogP contribution in [-0.2, 0) is 41.7 Å². The molecule has 1 aliphatic rings. The van der Waals surface area contributed by atoms with E-state index < -0.39 is 55.3 Å². The van der Waals surface area contributed by atoms with E-state index in [4.69, 9.17) is 5.11 Å². The van der Waals surface area contributed by atoms with Crippen LogP contribution in [0, 0.1) is 11.8 Å². The van der Waals surface area contributed by atoms with Crippen molar-refractivity contribution in [1.29, 1.82) is 0 Å². The number of carboxylic acid groups (broad SMARTS) is 1. The molecule has 47 heavy (non-hydrogen) atoms. The molecule has 1 atom stereocenters. The fourth-order valence-electron chi connectivity index (χ4n) is 4.83. The Morgan fingerprint density at radius 3 is 2.11 bits per heavy atom. The molecule has 12 heteroatoms. The number of carbonyl (C=O) groups is 6. The zero-order chi connectivity index (χ0) is 33.6. The van der Waals surface area contributed by atoms with Gasteiger partial charge in [0.15, 0.2) is 0 Å². The van der Waals surface area contributed by atoms with Crippen molar-refractivity contribution in [2.45, 2.75) is 38.3 Å². The first-order valence-corrected chi connectivity index (χ1v) is 15.0. The van der Waals surface area contributed by atoms with Gasteiger partial charge in [-0.1, -0.05) is 72.5 Å². The lowest BCUT2D eigenvalue weighted by atomic mass is 10.0. The van der Waals surface area contributed by atoms with Crippen molar-refractivity contribution in [2.75, 3.05) is 24.5 Å². The summed E-state index contributed by atoms with van der Waals surface area (Å²) >= 11 is 0. The molecular weight excluding hydrogens is 602 g/mol. The Hall–Kier alpha value is -5.96. The standard InChI is InChI=1S/C35H35N5O7/c41-30(18-19-33(44)40-23-27-12-5-4-10-25(27)15-16-26-11-6-7-13-29(26)40)36-20-31(42)37-21-32(43)39-28(35(47)38-22-34(45)46)17-14-24-8-2-1-3-9-24/h1-13,28H,14,17-23H2,(H,36,41)(H,37,42)(H,38,47)(H,39,43)(H,45,46)/t28-/m0/s1. The zero-order valence-electron chi connectivity index (χ0n) is 25.6. The molecule has 0 fully saturated rings. The number of aryl methyl sites for hydroxylation is 1. The van der Waals surface area contributed by atoms with Gasteiger partial charge in [0.05, 0.1) is 25.3 Å².